The molecular weight excluding hydrogens is 468 g/mol. The van der Waals surface area contributed by atoms with E-state index in [4.69, 9.17) is 25.2 Å². The van der Waals surface area contributed by atoms with Crippen LogP contribution in [0.3, 0.4) is 0 Å². The van der Waals surface area contributed by atoms with Crippen LogP contribution in [0.15, 0.2) is 18.5 Å². The van der Waals surface area contributed by atoms with Gasteiger partial charge in [-0.05, 0) is 25.5 Å². The van der Waals surface area contributed by atoms with Crippen molar-refractivity contribution in [3.05, 3.63) is 23.3 Å². The molecule has 3 aromatic heterocycles. The van der Waals surface area contributed by atoms with Crippen LogP contribution < -0.4 is 16.0 Å². The lowest BCUT2D eigenvalue weighted by molar-refractivity contribution is -0.125. The molecule has 35 heavy (non-hydrogen) atoms. The molecule has 11 nitrogen and oxygen atoms in total. The molecule has 3 aromatic rings. The Kier molecular flexibility index (Phi) is 7.32. The van der Waals surface area contributed by atoms with E-state index >= 15 is 0 Å². The Morgan fingerprint density at radius 2 is 2.06 bits per heavy atom. The maximum Gasteiger partial charge on any atom is 0.246 e. The number of nitrogens with two attached hydrogens (primary N) is 1. The number of methoxy groups -OCH3 is 1. The van der Waals surface area contributed by atoms with Gasteiger partial charge in [0, 0.05) is 56.6 Å². The van der Waals surface area contributed by atoms with Crippen LogP contribution in [0.5, 0.6) is 0 Å². The summed E-state index contributed by atoms with van der Waals surface area (Å²) in [5.74, 6) is 1.66. The van der Waals surface area contributed by atoms with Gasteiger partial charge in [0.05, 0.1) is 29.0 Å². The highest BCUT2D eigenvalue weighted by Crippen LogP contribution is 2.35. The minimum absolute atomic E-state index is 0.0641. The molecule has 0 aromatic carbocycles. The van der Waals surface area contributed by atoms with Gasteiger partial charge in [0.1, 0.15) is 6.61 Å². The molecule has 1 atom stereocenters. The van der Waals surface area contributed by atoms with E-state index in [1.807, 2.05) is 0 Å². The van der Waals surface area contributed by atoms with Crippen LogP contribution >= 0.6 is 11.3 Å². The number of hydrogen-bond acceptors (Lipinski definition) is 11. The van der Waals surface area contributed by atoms with E-state index in [2.05, 4.69) is 31.2 Å². The van der Waals surface area contributed by atoms with Crippen molar-refractivity contribution in [2.75, 3.05) is 63.7 Å². The lowest BCUT2D eigenvalue weighted by atomic mass is 10.1. The molecular formula is C23H30N8O3S. The van der Waals surface area contributed by atoms with Gasteiger partial charge in [0.2, 0.25) is 11.9 Å². The third kappa shape index (κ3) is 5.67. The van der Waals surface area contributed by atoms with E-state index < -0.39 is 0 Å². The van der Waals surface area contributed by atoms with Crippen molar-refractivity contribution in [1.29, 1.82) is 0 Å². The van der Waals surface area contributed by atoms with Crippen molar-refractivity contribution in [2.45, 2.75) is 25.4 Å². The van der Waals surface area contributed by atoms with Crippen LogP contribution in [-0.2, 0) is 20.8 Å². The second-order valence-electron chi connectivity index (χ2n) is 8.80. The number of nitrogen functional groups attached to an aromatic ring is 1. The van der Waals surface area contributed by atoms with Gasteiger partial charge in [-0.15, -0.1) is 11.3 Å². The molecule has 5 heterocycles. The fourth-order valence-electron chi connectivity index (χ4n) is 4.55. The summed E-state index contributed by atoms with van der Waals surface area (Å²) >= 11 is 1.73. The van der Waals surface area contributed by atoms with Crippen molar-refractivity contribution >= 4 is 39.2 Å². The topological polar surface area (TPSA) is 132 Å². The maximum atomic E-state index is 12.0. The molecule has 0 bridgehead atoms. The van der Waals surface area contributed by atoms with Gasteiger partial charge in [-0.1, -0.05) is 0 Å². The third-order valence-corrected chi connectivity index (χ3v) is 7.28. The first-order valence-corrected chi connectivity index (χ1v) is 12.6. The van der Waals surface area contributed by atoms with Crippen LogP contribution in [0, 0.1) is 0 Å². The predicted octanol–water partition coefficient (Wildman–Crippen LogP) is 1.29. The molecule has 3 N–H and O–H groups in total. The van der Waals surface area contributed by atoms with Gasteiger partial charge in [0.25, 0.3) is 0 Å². The van der Waals surface area contributed by atoms with Gasteiger partial charge in [-0.3, -0.25) is 9.69 Å². The number of anilines is 2. The molecule has 2 saturated heterocycles. The standard InChI is InChI=1S/C23H30N8O3S/c1-33-14-19(32)27-16-3-2-4-30(12-16)13-17-9-18-20(35-17)22(31-5-7-34-8-6-31)29-21(28-18)15-10-25-23(24)26-11-15/h9-11,16H,2-8,12-14H2,1H3,(H,27,32)(H2,24,25,26). The lowest BCUT2D eigenvalue weighted by Gasteiger charge is -2.32. The molecule has 2 fully saturated rings. The van der Waals surface area contributed by atoms with E-state index in [1.165, 1.54) is 12.0 Å². The van der Waals surface area contributed by atoms with Crippen molar-refractivity contribution in [1.82, 2.24) is 30.2 Å². The molecule has 1 unspecified atom stereocenters. The predicted molar refractivity (Wildman–Crippen MR) is 134 cm³/mol. The van der Waals surface area contributed by atoms with Crippen molar-refractivity contribution in [2.24, 2.45) is 0 Å². The third-order valence-electron chi connectivity index (χ3n) is 6.17. The number of nitrogens with one attached hydrogen (secondary N) is 1. The van der Waals surface area contributed by atoms with Crippen molar-refractivity contribution < 1.29 is 14.3 Å². The summed E-state index contributed by atoms with van der Waals surface area (Å²) < 4.78 is 11.6. The molecule has 0 saturated carbocycles. The number of hydrogen-bond donors (Lipinski definition) is 2. The molecule has 0 spiro atoms. The van der Waals surface area contributed by atoms with Crippen LogP contribution in [0.2, 0.25) is 0 Å². The normalized spacial score (nSPS) is 19.2. The second-order valence-corrected chi connectivity index (χ2v) is 9.94. The first-order chi connectivity index (χ1) is 17.1. The summed E-state index contributed by atoms with van der Waals surface area (Å²) in [6.07, 6.45) is 5.35. The van der Waals surface area contributed by atoms with Gasteiger partial charge in [0.15, 0.2) is 11.6 Å². The molecule has 1 amide bonds. The Labute approximate surface area is 207 Å². The van der Waals surface area contributed by atoms with E-state index in [-0.39, 0.29) is 24.5 Å². The Balaban J connectivity index is 1.40. The van der Waals surface area contributed by atoms with Gasteiger partial charge < -0.3 is 25.4 Å². The minimum atomic E-state index is -0.0641. The number of ether oxygens (including phenoxy) is 2. The van der Waals surface area contributed by atoms with Crippen molar-refractivity contribution in [3.63, 3.8) is 0 Å². The van der Waals surface area contributed by atoms with Crippen LogP contribution in [-0.4, -0.2) is 89.9 Å². The average Bonchev–Trinajstić information content (AvgIpc) is 3.27. The summed E-state index contributed by atoms with van der Waals surface area (Å²) in [7, 11) is 1.54. The second kappa shape index (κ2) is 10.8. The quantitative estimate of drug-likeness (QED) is 0.491. The number of carbonyl (C=O) groups excluding carboxylic acids is 1. The molecule has 12 heteroatoms. The number of thiophene rings is 1. The Morgan fingerprint density at radius 3 is 2.83 bits per heavy atom. The zero-order valence-corrected chi connectivity index (χ0v) is 20.6. The number of morpholine rings is 1. The summed E-state index contributed by atoms with van der Waals surface area (Å²) in [5, 5.41) is 3.08. The van der Waals surface area contributed by atoms with Gasteiger partial charge >= 0.3 is 0 Å². The molecule has 0 radical (unpaired) electrons. The van der Waals surface area contributed by atoms with Gasteiger partial charge in [-0.2, -0.15) is 0 Å². The largest absolute Gasteiger partial charge is 0.378 e. The summed E-state index contributed by atoms with van der Waals surface area (Å²) in [5.41, 5.74) is 7.31. The smallest absolute Gasteiger partial charge is 0.246 e. The van der Waals surface area contributed by atoms with E-state index in [0.717, 1.165) is 67.2 Å². The number of piperidine rings is 1. The summed E-state index contributed by atoms with van der Waals surface area (Å²) in [6, 6.07) is 2.29. The Bertz CT molecular complexity index is 1170. The highest BCUT2D eigenvalue weighted by molar-refractivity contribution is 7.19. The highest BCUT2D eigenvalue weighted by atomic mass is 32.1. The Morgan fingerprint density at radius 1 is 1.26 bits per heavy atom. The summed E-state index contributed by atoms with van der Waals surface area (Å²) in [4.78, 5) is 35.8. The number of nitrogens with zero attached hydrogens (tertiary/aromatic N) is 6. The lowest BCUT2D eigenvalue weighted by Crippen LogP contribution is -2.48. The van der Waals surface area contributed by atoms with E-state index in [0.29, 0.717) is 19.0 Å². The molecule has 0 aliphatic carbocycles. The molecule has 5 rings (SSSR count). The zero-order valence-electron chi connectivity index (χ0n) is 19.8. The number of amides is 1. The SMILES string of the molecule is COCC(=O)NC1CCCN(Cc2cc3nc(-c4cnc(N)nc4)nc(N4CCOCC4)c3s2)C1. The number of carbonyl (C=O) groups is 1. The van der Waals surface area contributed by atoms with Crippen LogP contribution in [0.4, 0.5) is 11.8 Å². The minimum Gasteiger partial charge on any atom is -0.378 e. The zero-order chi connectivity index (χ0) is 24.2. The number of fused-ring (bicyclic) bond motifs is 1. The highest BCUT2D eigenvalue weighted by Gasteiger charge is 2.24. The van der Waals surface area contributed by atoms with Crippen LogP contribution in [0.25, 0.3) is 21.6 Å². The fraction of sp³-hybridized carbons (Fsp3) is 0.522. The number of aromatic nitrogens is 4. The fourth-order valence-corrected chi connectivity index (χ4v) is 5.71. The molecule has 186 valence electrons. The molecule has 2 aliphatic rings. The Hall–Kier alpha value is -2.93. The first-order valence-electron chi connectivity index (χ1n) is 11.8. The monoisotopic (exact) mass is 498 g/mol. The maximum absolute atomic E-state index is 12.0. The summed E-state index contributed by atoms with van der Waals surface area (Å²) in [6.45, 7) is 5.64. The van der Waals surface area contributed by atoms with Crippen LogP contribution in [0.1, 0.15) is 17.7 Å². The van der Waals surface area contributed by atoms with E-state index in [9.17, 15) is 4.79 Å². The average molecular weight is 499 g/mol. The van der Waals surface area contributed by atoms with Crippen molar-refractivity contribution in [3.8, 4) is 11.4 Å². The first kappa shape index (κ1) is 23.8. The number of rotatable bonds is 7. The number of likely N-dealkylation sites (tertiary alicyclic amines) is 1. The van der Waals surface area contributed by atoms with Gasteiger partial charge in [-0.25, -0.2) is 19.9 Å². The molecule has 2 aliphatic heterocycles. The van der Waals surface area contributed by atoms with E-state index in [1.54, 1.807) is 23.7 Å².